The van der Waals surface area contributed by atoms with Gasteiger partial charge in [0.15, 0.2) is 11.5 Å². The van der Waals surface area contributed by atoms with E-state index in [0.717, 1.165) is 5.56 Å². The molecular formula is C17H14O5. The second-order valence-electron chi connectivity index (χ2n) is 4.90. The zero-order valence-corrected chi connectivity index (χ0v) is 11.9. The molecule has 5 nitrogen and oxygen atoms in total. The molecule has 0 aliphatic heterocycles. The molecular weight excluding hydrogens is 284 g/mol. The standard InChI is InChI=1S/C17H14O5/c1-21-15-7-6-10(9-13(15)18)8-12-11-4-2-3-5-14(11)22-17(20)16(12)19/h2-7,9,18-19H,8H2,1H3. The Bertz CT molecular complexity index is 895. The normalized spacial score (nSPS) is 10.8. The van der Waals surface area contributed by atoms with Gasteiger partial charge in [0.2, 0.25) is 5.75 Å². The quantitative estimate of drug-likeness (QED) is 0.727. The predicted molar refractivity (Wildman–Crippen MR) is 81.6 cm³/mol. The molecule has 0 radical (unpaired) electrons. The number of rotatable bonds is 3. The first-order valence-electron chi connectivity index (χ1n) is 6.69. The Labute approximate surface area is 126 Å². The van der Waals surface area contributed by atoms with Crippen LogP contribution < -0.4 is 10.4 Å². The Kier molecular flexibility index (Phi) is 3.47. The fraction of sp³-hybridized carbons (Fsp3) is 0.118. The van der Waals surface area contributed by atoms with Gasteiger partial charge in [-0.05, 0) is 23.8 Å². The largest absolute Gasteiger partial charge is 0.504 e. The average Bonchev–Trinajstić information content (AvgIpc) is 2.52. The Hall–Kier alpha value is -2.95. The molecule has 0 saturated carbocycles. The van der Waals surface area contributed by atoms with E-state index < -0.39 is 11.4 Å². The first-order valence-corrected chi connectivity index (χ1v) is 6.69. The Morgan fingerprint density at radius 3 is 2.64 bits per heavy atom. The molecule has 2 N–H and O–H groups in total. The molecule has 0 unspecified atom stereocenters. The predicted octanol–water partition coefficient (Wildman–Crippen LogP) is 2.80. The second kappa shape index (κ2) is 5.44. The Balaban J connectivity index is 2.12. The lowest BCUT2D eigenvalue weighted by molar-refractivity contribution is 0.373. The van der Waals surface area contributed by atoms with E-state index in [-0.39, 0.29) is 12.2 Å². The average molecular weight is 298 g/mol. The highest BCUT2D eigenvalue weighted by Gasteiger charge is 2.14. The van der Waals surface area contributed by atoms with Crippen molar-refractivity contribution in [2.24, 2.45) is 0 Å². The van der Waals surface area contributed by atoms with Crippen LogP contribution in [0.25, 0.3) is 11.0 Å². The van der Waals surface area contributed by atoms with Crippen LogP contribution in [0.5, 0.6) is 17.2 Å². The minimum Gasteiger partial charge on any atom is -0.504 e. The molecule has 3 rings (SSSR count). The SMILES string of the molecule is COc1ccc(Cc2c(O)c(=O)oc3ccccc23)cc1O. The maximum atomic E-state index is 11.7. The lowest BCUT2D eigenvalue weighted by Gasteiger charge is -2.09. The van der Waals surface area contributed by atoms with Gasteiger partial charge in [-0.15, -0.1) is 0 Å². The number of benzene rings is 2. The third-order valence-corrected chi connectivity index (χ3v) is 3.52. The number of hydrogen-bond donors (Lipinski definition) is 2. The molecule has 2 aromatic carbocycles. The van der Waals surface area contributed by atoms with Gasteiger partial charge in [0.05, 0.1) is 7.11 Å². The third-order valence-electron chi connectivity index (χ3n) is 3.52. The Morgan fingerprint density at radius 2 is 1.91 bits per heavy atom. The van der Waals surface area contributed by atoms with E-state index in [0.29, 0.717) is 22.3 Å². The van der Waals surface area contributed by atoms with Crippen LogP contribution >= 0.6 is 0 Å². The first-order chi connectivity index (χ1) is 10.6. The molecule has 1 aromatic heterocycles. The van der Waals surface area contributed by atoms with Crippen molar-refractivity contribution in [1.29, 1.82) is 0 Å². The maximum absolute atomic E-state index is 11.7. The summed E-state index contributed by atoms with van der Waals surface area (Å²) in [6.07, 6.45) is 0.287. The summed E-state index contributed by atoms with van der Waals surface area (Å²) >= 11 is 0. The fourth-order valence-electron chi connectivity index (χ4n) is 2.43. The van der Waals surface area contributed by atoms with E-state index in [1.54, 1.807) is 42.5 Å². The summed E-state index contributed by atoms with van der Waals surface area (Å²) < 4.78 is 10.1. The Morgan fingerprint density at radius 1 is 1.14 bits per heavy atom. The van der Waals surface area contributed by atoms with E-state index >= 15 is 0 Å². The molecule has 0 atom stereocenters. The van der Waals surface area contributed by atoms with E-state index in [9.17, 15) is 15.0 Å². The van der Waals surface area contributed by atoms with Gasteiger partial charge in [-0.3, -0.25) is 0 Å². The maximum Gasteiger partial charge on any atom is 0.379 e. The molecule has 0 aliphatic rings. The number of hydrogen-bond acceptors (Lipinski definition) is 5. The minimum atomic E-state index is -0.772. The van der Waals surface area contributed by atoms with Crippen LogP contribution in [0.4, 0.5) is 0 Å². The van der Waals surface area contributed by atoms with Gasteiger partial charge in [0.25, 0.3) is 0 Å². The van der Waals surface area contributed by atoms with Crippen molar-refractivity contribution < 1.29 is 19.4 Å². The highest BCUT2D eigenvalue weighted by Crippen LogP contribution is 2.30. The lowest BCUT2D eigenvalue weighted by atomic mass is 10.0. The minimum absolute atomic E-state index is 0.00626. The van der Waals surface area contributed by atoms with Gasteiger partial charge in [-0.25, -0.2) is 4.79 Å². The van der Waals surface area contributed by atoms with Crippen molar-refractivity contribution in [3.8, 4) is 17.2 Å². The zero-order valence-electron chi connectivity index (χ0n) is 11.9. The van der Waals surface area contributed by atoms with Gasteiger partial charge in [0.1, 0.15) is 5.58 Å². The second-order valence-corrected chi connectivity index (χ2v) is 4.90. The number of aromatic hydroxyl groups is 2. The van der Waals surface area contributed by atoms with E-state index in [2.05, 4.69) is 0 Å². The van der Waals surface area contributed by atoms with Crippen molar-refractivity contribution in [2.45, 2.75) is 6.42 Å². The summed E-state index contributed by atoms with van der Waals surface area (Å²) in [6.45, 7) is 0. The van der Waals surface area contributed by atoms with Crippen LogP contribution in [-0.2, 0) is 6.42 Å². The third kappa shape index (κ3) is 2.37. The molecule has 0 spiro atoms. The first kappa shape index (κ1) is 14.0. The van der Waals surface area contributed by atoms with Crippen LogP contribution in [0.1, 0.15) is 11.1 Å². The number of phenolic OH excluding ortho intramolecular Hbond substituents is 1. The van der Waals surface area contributed by atoms with Crippen molar-refractivity contribution in [2.75, 3.05) is 7.11 Å². The van der Waals surface area contributed by atoms with Gasteiger partial charge >= 0.3 is 5.63 Å². The van der Waals surface area contributed by atoms with Crippen LogP contribution in [0.15, 0.2) is 51.7 Å². The number of fused-ring (bicyclic) bond motifs is 1. The van der Waals surface area contributed by atoms with E-state index in [1.165, 1.54) is 7.11 Å². The molecule has 3 aromatic rings. The van der Waals surface area contributed by atoms with Crippen LogP contribution in [0.2, 0.25) is 0 Å². The van der Waals surface area contributed by atoms with E-state index in [1.807, 2.05) is 0 Å². The van der Waals surface area contributed by atoms with Crippen LogP contribution in [0, 0.1) is 0 Å². The van der Waals surface area contributed by atoms with Crippen molar-refractivity contribution in [1.82, 2.24) is 0 Å². The number of ether oxygens (including phenoxy) is 1. The molecule has 112 valence electrons. The molecule has 0 amide bonds. The fourth-order valence-corrected chi connectivity index (χ4v) is 2.43. The molecule has 0 fully saturated rings. The summed E-state index contributed by atoms with van der Waals surface area (Å²) in [7, 11) is 1.47. The van der Waals surface area contributed by atoms with Gasteiger partial charge in [-0.1, -0.05) is 24.3 Å². The summed E-state index contributed by atoms with van der Waals surface area (Å²) in [5, 5.41) is 20.5. The molecule has 0 bridgehead atoms. The summed E-state index contributed by atoms with van der Waals surface area (Å²) in [5.41, 5.74) is 0.852. The smallest absolute Gasteiger partial charge is 0.379 e. The van der Waals surface area contributed by atoms with Crippen molar-refractivity contribution in [3.05, 3.63) is 64.0 Å². The number of phenols is 1. The monoisotopic (exact) mass is 298 g/mol. The molecule has 5 heteroatoms. The summed E-state index contributed by atoms with van der Waals surface area (Å²) in [4.78, 5) is 11.7. The van der Waals surface area contributed by atoms with Crippen molar-refractivity contribution in [3.63, 3.8) is 0 Å². The molecule has 1 heterocycles. The van der Waals surface area contributed by atoms with Gasteiger partial charge in [-0.2, -0.15) is 0 Å². The summed E-state index contributed by atoms with van der Waals surface area (Å²) in [6, 6.07) is 11.9. The molecule has 0 saturated heterocycles. The molecule has 22 heavy (non-hydrogen) atoms. The van der Waals surface area contributed by atoms with Crippen molar-refractivity contribution >= 4 is 11.0 Å². The lowest BCUT2D eigenvalue weighted by Crippen LogP contribution is -2.03. The highest BCUT2D eigenvalue weighted by atomic mass is 16.5. The van der Waals surface area contributed by atoms with E-state index in [4.69, 9.17) is 9.15 Å². The zero-order chi connectivity index (χ0) is 15.7. The van der Waals surface area contributed by atoms with Crippen LogP contribution in [-0.4, -0.2) is 17.3 Å². The number of methoxy groups -OCH3 is 1. The molecule has 0 aliphatic carbocycles. The van der Waals surface area contributed by atoms with Crippen LogP contribution in [0.3, 0.4) is 0 Å². The topological polar surface area (TPSA) is 79.9 Å². The number of para-hydroxylation sites is 1. The van der Waals surface area contributed by atoms with Gasteiger partial charge < -0.3 is 19.4 Å². The van der Waals surface area contributed by atoms with Gasteiger partial charge in [0, 0.05) is 17.4 Å². The highest BCUT2D eigenvalue weighted by molar-refractivity contribution is 5.82. The summed E-state index contributed by atoms with van der Waals surface area (Å²) in [5.74, 6) is -0.0359.